The van der Waals surface area contributed by atoms with Gasteiger partial charge in [-0.3, -0.25) is 10.1 Å². The molecule has 1 aromatic carbocycles. The molecule has 1 amide bonds. The van der Waals surface area contributed by atoms with Crippen LogP contribution in [0, 0.1) is 6.92 Å². The van der Waals surface area contributed by atoms with Gasteiger partial charge < -0.3 is 5.32 Å². The SMILES string of the molecule is Cc1cccc(NC(=S)NC(=O)c2cccc(Br)c2)n1. The highest BCUT2D eigenvalue weighted by atomic mass is 79.9. The first-order valence-corrected chi connectivity index (χ1v) is 7.06. The van der Waals surface area contributed by atoms with E-state index < -0.39 is 0 Å². The van der Waals surface area contributed by atoms with Crippen molar-refractivity contribution in [2.75, 3.05) is 5.32 Å². The number of pyridine rings is 1. The maximum atomic E-state index is 12.0. The van der Waals surface area contributed by atoms with Crippen LogP contribution < -0.4 is 10.6 Å². The number of anilines is 1. The van der Waals surface area contributed by atoms with Crippen molar-refractivity contribution in [2.45, 2.75) is 6.92 Å². The molecule has 0 aliphatic carbocycles. The van der Waals surface area contributed by atoms with Crippen molar-refractivity contribution in [3.63, 3.8) is 0 Å². The van der Waals surface area contributed by atoms with Crippen molar-refractivity contribution in [3.05, 3.63) is 58.2 Å². The maximum absolute atomic E-state index is 12.0. The van der Waals surface area contributed by atoms with E-state index in [1.165, 1.54) is 0 Å². The van der Waals surface area contributed by atoms with Crippen LogP contribution in [0.15, 0.2) is 46.9 Å². The van der Waals surface area contributed by atoms with Gasteiger partial charge in [0.1, 0.15) is 5.82 Å². The molecule has 20 heavy (non-hydrogen) atoms. The van der Waals surface area contributed by atoms with Gasteiger partial charge in [0.25, 0.3) is 5.91 Å². The third kappa shape index (κ3) is 4.11. The lowest BCUT2D eigenvalue weighted by atomic mass is 10.2. The zero-order chi connectivity index (χ0) is 14.5. The van der Waals surface area contributed by atoms with Crippen molar-refractivity contribution in [1.82, 2.24) is 10.3 Å². The summed E-state index contributed by atoms with van der Waals surface area (Å²) in [6.45, 7) is 1.88. The van der Waals surface area contributed by atoms with Gasteiger partial charge in [-0.1, -0.05) is 28.1 Å². The summed E-state index contributed by atoms with van der Waals surface area (Å²) in [4.78, 5) is 16.2. The number of nitrogens with one attached hydrogen (secondary N) is 2. The van der Waals surface area contributed by atoms with Crippen LogP contribution in [-0.4, -0.2) is 16.0 Å². The van der Waals surface area contributed by atoms with Gasteiger partial charge in [0.15, 0.2) is 5.11 Å². The summed E-state index contributed by atoms with van der Waals surface area (Å²) in [7, 11) is 0. The van der Waals surface area contributed by atoms with Crippen LogP contribution >= 0.6 is 28.1 Å². The third-order valence-corrected chi connectivity index (χ3v) is 3.14. The number of aromatic nitrogens is 1. The molecule has 0 saturated carbocycles. The van der Waals surface area contributed by atoms with E-state index in [1.54, 1.807) is 24.3 Å². The van der Waals surface area contributed by atoms with E-state index >= 15 is 0 Å². The fourth-order valence-corrected chi connectivity index (χ4v) is 2.16. The molecule has 1 heterocycles. The molecule has 0 atom stereocenters. The summed E-state index contributed by atoms with van der Waals surface area (Å²) in [6, 6.07) is 12.6. The Morgan fingerprint density at radius 3 is 2.70 bits per heavy atom. The van der Waals surface area contributed by atoms with Gasteiger partial charge in [0.2, 0.25) is 0 Å². The van der Waals surface area contributed by atoms with Crippen LogP contribution in [0.3, 0.4) is 0 Å². The number of halogens is 1. The summed E-state index contributed by atoms with van der Waals surface area (Å²) in [6.07, 6.45) is 0. The van der Waals surface area contributed by atoms with Gasteiger partial charge in [0, 0.05) is 15.7 Å². The average Bonchev–Trinajstić information content (AvgIpc) is 2.38. The number of hydrogen-bond acceptors (Lipinski definition) is 3. The molecule has 2 aromatic rings. The molecule has 4 nitrogen and oxygen atoms in total. The van der Waals surface area contributed by atoms with Gasteiger partial charge >= 0.3 is 0 Å². The van der Waals surface area contributed by atoms with Crippen LogP contribution in [0.4, 0.5) is 5.82 Å². The molecule has 0 fully saturated rings. The number of benzene rings is 1. The molecular formula is C14H12BrN3OS. The maximum Gasteiger partial charge on any atom is 0.257 e. The lowest BCUT2D eigenvalue weighted by Crippen LogP contribution is -2.34. The summed E-state index contributed by atoms with van der Waals surface area (Å²) in [5.74, 6) is 0.334. The van der Waals surface area contributed by atoms with Gasteiger partial charge in [-0.2, -0.15) is 0 Å². The number of carbonyl (C=O) groups is 1. The Balaban J connectivity index is 1.99. The Morgan fingerprint density at radius 1 is 1.25 bits per heavy atom. The monoisotopic (exact) mass is 349 g/mol. The minimum absolute atomic E-state index is 0.216. The van der Waals surface area contributed by atoms with Gasteiger partial charge in [-0.25, -0.2) is 4.98 Å². The minimum Gasteiger partial charge on any atom is -0.317 e. The summed E-state index contributed by atoms with van der Waals surface area (Å²) >= 11 is 8.41. The molecule has 0 aliphatic rings. The Morgan fingerprint density at radius 2 is 2.00 bits per heavy atom. The summed E-state index contributed by atoms with van der Waals surface area (Å²) < 4.78 is 0.837. The minimum atomic E-state index is -0.267. The van der Waals surface area contributed by atoms with E-state index in [0.717, 1.165) is 10.2 Å². The first kappa shape index (κ1) is 14.6. The van der Waals surface area contributed by atoms with Crippen molar-refractivity contribution in [1.29, 1.82) is 0 Å². The van der Waals surface area contributed by atoms with Gasteiger partial charge in [-0.05, 0) is 49.5 Å². The Kier molecular flexibility index (Phi) is 4.81. The van der Waals surface area contributed by atoms with Crippen LogP contribution in [0.1, 0.15) is 16.1 Å². The largest absolute Gasteiger partial charge is 0.317 e. The molecule has 0 spiro atoms. The predicted molar refractivity (Wildman–Crippen MR) is 86.8 cm³/mol. The van der Waals surface area contributed by atoms with E-state index in [0.29, 0.717) is 11.4 Å². The van der Waals surface area contributed by atoms with E-state index in [1.807, 2.05) is 25.1 Å². The highest BCUT2D eigenvalue weighted by molar-refractivity contribution is 9.10. The normalized spacial score (nSPS) is 9.90. The fraction of sp³-hybridized carbons (Fsp3) is 0.0714. The quantitative estimate of drug-likeness (QED) is 0.817. The number of amides is 1. The first-order chi connectivity index (χ1) is 9.54. The summed E-state index contributed by atoms with van der Waals surface area (Å²) in [5, 5.41) is 5.70. The molecule has 0 radical (unpaired) electrons. The van der Waals surface area contributed by atoms with E-state index in [4.69, 9.17) is 12.2 Å². The second-order valence-corrected chi connectivity index (χ2v) is 5.41. The number of thiocarbonyl (C=S) groups is 1. The highest BCUT2D eigenvalue weighted by Crippen LogP contribution is 2.11. The molecule has 2 N–H and O–H groups in total. The Labute approximate surface area is 130 Å². The van der Waals surface area contributed by atoms with Crippen molar-refractivity contribution < 1.29 is 4.79 Å². The predicted octanol–water partition coefficient (Wildman–Crippen LogP) is 3.28. The van der Waals surface area contributed by atoms with Gasteiger partial charge in [-0.15, -0.1) is 0 Å². The topological polar surface area (TPSA) is 54.0 Å². The van der Waals surface area contributed by atoms with Crippen molar-refractivity contribution in [3.8, 4) is 0 Å². The van der Waals surface area contributed by atoms with Crippen LogP contribution in [0.2, 0.25) is 0 Å². The number of nitrogens with zero attached hydrogens (tertiary/aromatic N) is 1. The number of carbonyl (C=O) groups excluding carboxylic acids is 1. The molecule has 6 heteroatoms. The lowest BCUT2D eigenvalue weighted by Gasteiger charge is -2.09. The van der Waals surface area contributed by atoms with Crippen molar-refractivity contribution in [2.24, 2.45) is 0 Å². The number of rotatable bonds is 2. The second kappa shape index (κ2) is 6.58. The van der Waals surface area contributed by atoms with E-state index in [9.17, 15) is 4.79 Å². The smallest absolute Gasteiger partial charge is 0.257 e. The molecule has 0 saturated heterocycles. The fourth-order valence-electron chi connectivity index (χ4n) is 1.57. The van der Waals surface area contributed by atoms with Gasteiger partial charge in [0.05, 0.1) is 0 Å². The average molecular weight is 350 g/mol. The molecule has 0 aliphatic heterocycles. The van der Waals surface area contributed by atoms with Crippen LogP contribution in [-0.2, 0) is 0 Å². The third-order valence-electron chi connectivity index (χ3n) is 2.44. The van der Waals surface area contributed by atoms with E-state index in [2.05, 4.69) is 31.5 Å². The van der Waals surface area contributed by atoms with Crippen molar-refractivity contribution >= 4 is 45.0 Å². The Bertz CT molecular complexity index is 660. The first-order valence-electron chi connectivity index (χ1n) is 5.86. The van der Waals surface area contributed by atoms with E-state index in [-0.39, 0.29) is 11.0 Å². The molecular weight excluding hydrogens is 338 g/mol. The molecule has 102 valence electrons. The van der Waals surface area contributed by atoms with Crippen LogP contribution in [0.25, 0.3) is 0 Å². The second-order valence-electron chi connectivity index (χ2n) is 4.08. The lowest BCUT2D eigenvalue weighted by molar-refractivity contribution is 0.0977. The molecule has 0 bridgehead atoms. The number of aryl methyl sites for hydroxylation is 1. The molecule has 1 aromatic heterocycles. The highest BCUT2D eigenvalue weighted by Gasteiger charge is 2.08. The zero-order valence-electron chi connectivity index (χ0n) is 10.7. The number of hydrogen-bond donors (Lipinski definition) is 2. The van der Waals surface area contributed by atoms with Crippen LogP contribution in [0.5, 0.6) is 0 Å². The molecule has 0 unspecified atom stereocenters. The Hall–Kier alpha value is -1.79. The standard InChI is InChI=1S/C14H12BrN3OS/c1-9-4-2-7-12(16-9)17-14(20)18-13(19)10-5-3-6-11(15)8-10/h2-8H,1H3,(H2,16,17,18,19,20). The zero-order valence-corrected chi connectivity index (χ0v) is 13.1. The summed E-state index contributed by atoms with van der Waals surface area (Å²) in [5.41, 5.74) is 1.40. The molecule has 2 rings (SSSR count).